The number of hydrogen-bond acceptors (Lipinski definition) is 4. The van der Waals surface area contributed by atoms with E-state index in [1.54, 1.807) is 0 Å². The van der Waals surface area contributed by atoms with Crippen molar-refractivity contribution >= 4 is 44.6 Å². The van der Waals surface area contributed by atoms with Crippen LogP contribution in [0.3, 0.4) is 0 Å². The Balaban J connectivity index is 1.27. The van der Waals surface area contributed by atoms with Crippen LogP contribution in [0.2, 0.25) is 0 Å². The van der Waals surface area contributed by atoms with Crippen molar-refractivity contribution < 1.29 is 4.74 Å². The zero-order valence-corrected chi connectivity index (χ0v) is 27.5. The average Bonchev–Trinajstić information content (AvgIpc) is 3.48. The van der Waals surface area contributed by atoms with Gasteiger partial charge >= 0.3 is 0 Å². The molecule has 1 aromatic heterocycles. The Morgan fingerprint density at radius 3 is 1.24 bits per heavy atom. The van der Waals surface area contributed by atoms with Crippen LogP contribution in [-0.2, 0) is 11.3 Å². The maximum atomic E-state index is 5.65. The van der Waals surface area contributed by atoms with Crippen molar-refractivity contribution in [3.8, 4) is 0 Å². The van der Waals surface area contributed by atoms with E-state index in [4.69, 9.17) is 14.7 Å². The topological polar surface area (TPSA) is 42.1 Å². The summed E-state index contributed by atoms with van der Waals surface area (Å²) < 4.78 is 8.12. The molecular weight excluding hydrogens is 601 g/mol. The van der Waals surface area contributed by atoms with Crippen LogP contribution in [0.1, 0.15) is 22.3 Å². The van der Waals surface area contributed by atoms with E-state index in [-0.39, 0.29) is 0 Å². The molecule has 5 nitrogen and oxygen atoms in total. The molecule has 8 rings (SSSR count). The molecule has 0 aliphatic carbocycles. The molecule has 0 atom stereocenters. The van der Waals surface area contributed by atoms with Gasteiger partial charge in [-0.2, -0.15) is 0 Å². The minimum Gasteiger partial charge on any atom is -0.379 e. The molecule has 7 aromatic rings. The predicted octanol–water partition coefficient (Wildman–Crippen LogP) is 9.46. The van der Waals surface area contributed by atoms with E-state index >= 15 is 0 Å². The number of ether oxygens (including phenoxy) is 1. The van der Waals surface area contributed by atoms with Gasteiger partial charge in [0.25, 0.3) is 0 Å². The quantitative estimate of drug-likeness (QED) is 0.148. The number of nitrogens with zero attached hydrogens (tertiary/aromatic N) is 4. The Labute approximate surface area is 287 Å². The van der Waals surface area contributed by atoms with Crippen molar-refractivity contribution in [2.75, 3.05) is 32.8 Å². The van der Waals surface area contributed by atoms with E-state index in [0.717, 1.165) is 84.4 Å². The van der Waals surface area contributed by atoms with Crippen LogP contribution >= 0.6 is 0 Å². The second-order valence-electron chi connectivity index (χ2n) is 12.4. The maximum absolute atomic E-state index is 5.65. The van der Waals surface area contributed by atoms with Gasteiger partial charge in [0.2, 0.25) is 0 Å². The Morgan fingerprint density at radius 1 is 0.469 bits per heavy atom. The average molecular weight is 639 g/mol. The lowest BCUT2D eigenvalue weighted by atomic mass is 10.0. The summed E-state index contributed by atoms with van der Waals surface area (Å²) in [6.07, 6.45) is 0. The molecule has 0 bridgehead atoms. The molecule has 0 saturated carbocycles. The number of fused-ring (bicyclic) bond motifs is 3. The van der Waals surface area contributed by atoms with Crippen molar-refractivity contribution in [2.45, 2.75) is 6.54 Å². The summed E-state index contributed by atoms with van der Waals surface area (Å²) in [5.74, 6) is 0. The van der Waals surface area contributed by atoms with Gasteiger partial charge in [-0.15, -0.1) is 0 Å². The fourth-order valence-electron chi connectivity index (χ4n) is 6.75. The SMILES string of the molecule is c1ccc(C(=Nc2ccc3c4ccc(N=C(c5ccccc5)c5ccccc5)cc4n(CCN4CCOCC4)c3c2)c2ccccc2)cc1. The molecule has 2 heterocycles. The lowest BCUT2D eigenvalue weighted by Gasteiger charge is -2.27. The molecule has 0 radical (unpaired) electrons. The van der Waals surface area contributed by atoms with Gasteiger partial charge in [0.1, 0.15) is 0 Å². The van der Waals surface area contributed by atoms with E-state index in [2.05, 4.69) is 143 Å². The van der Waals surface area contributed by atoms with E-state index in [1.807, 2.05) is 24.3 Å². The standard InChI is InChI=1S/C44H38N4O/c1-5-13-33(14-6-1)43(34-15-7-2-8-16-34)45-37-21-23-39-40-24-22-38(46-44(35-17-9-3-10-18-35)36-19-11-4-12-20-36)32-42(40)48(41(39)31-37)26-25-47-27-29-49-30-28-47/h1-24,31-32H,25-30H2. The highest BCUT2D eigenvalue weighted by molar-refractivity contribution is 6.16. The minimum atomic E-state index is 0.786. The molecule has 1 fully saturated rings. The van der Waals surface area contributed by atoms with E-state index < -0.39 is 0 Å². The summed E-state index contributed by atoms with van der Waals surface area (Å²) >= 11 is 0. The number of morpholine rings is 1. The molecule has 6 aromatic carbocycles. The molecule has 0 N–H and O–H groups in total. The van der Waals surface area contributed by atoms with Crippen LogP contribution in [0.15, 0.2) is 168 Å². The van der Waals surface area contributed by atoms with Gasteiger partial charge in [0.15, 0.2) is 0 Å². The second kappa shape index (κ2) is 14.2. The molecule has 0 amide bonds. The van der Waals surface area contributed by atoms with E-state index in [1.165, 1.54) is 21.8 Å². The summed E-state index contributed by atoms with van der Waals surface area (Å²) in [7, 11) is 0. The molecule has 1 saturated heterocycles. The van der Waals surface area contributed by atoms with Crippen LogP contribution in [0.5, 0.6) is 0 Å². The summed E-state index contributed by atoms with van der Waals surface area (Å²) in [5, 5.41) is 2.44. The maximum Gasteiger partial charge on any atom is 0.0781 e. The molecule has 1 aliphatic heterocycles. The van der Waals surface area contributed by atoms with Crippen LogP contribution < -0.4 is 0 Å². The summed E-state index contributed by atoms with van der Waals surface area (Å²) in [6, 6.07) is 55.1. The van der Waals surface area contributed by atoms with Gasteiger partial charge in [-0.05, 0) is 24.3 Å². The lowest BCUT2D eigenvalue weighted by molar-refractivity contribution is 0.0366. The first kappa shape index (κ1) is 30.7. The molecule has 240 valence electrons. The molecule has 0 spiro atoms. The molecule has 0 unspecified atom stereocenters. The summed E-state index contributed by atoms with van der Waals surface area (Å²) in [5.41, 5.74) is 10.5. The van der Waals surface area contributed by atoms with Crippen molar-refractivity contribution in [3.05, 3.63) is 180 Å². The highest BCUT2D eigenvalue weighted by Gasteiger charge is 2.16. The van der Waals surface area contributed by atoms with Crippen LogP contribution in [-0.4, -0.2) is 53.7 Å². The largest absolute Gasteiger partial charge is 0.379 e. The Hall–Kier alpha value is -5.62. The van der Waals surface area contributed by atoms with Crippen LogP contribution in [0, 0.1) is 0 Å². The van der Waals surface area contributed by atoms with E-state index in [0.29, 0.717) is 0 Å². The number of hydrogen-bond donors (Lipinski definition) is 0. The fraction of sp³-hybridized carbons (Fsp3) is 0.136. The summed E-state index contributed by atoms with van der Waals surface area (Å²) in [4.78, 5) is 13.1. The van der Waals surface area contributed by atoms with Crippen molar-refractivity contribution in [2.24, 2.45) is 9.98 Å². The van der Waals surface area contributed by atoms with Gasteiger partial charge in [-0.3, -0.25) is 4.90 Å². The Bertz CT molecular complexity index is 2000. The van der Waals surface area contributed by atoms with E-state index in [9.17, 15) is 0 Å². The zero-order chi connectivity index (χ0) is 32.8. The third-order valence-corrected chi connectivity index (χ3v) is 9.25. The normalized spacial score (nSPS) is 13.4. The number of benzene rings is 6. The molecule has 1 aliphatic rings. The predicted molar refractivity (Wildman–Crippen MR) is 203 cm³/mol. The van der Waals surface area contributed by atoms with Gasteiger partial charge < -0.3 is 9.30 Å². The third-order valence-electron chi connectivity index (χ3n) is 9.25. The third kappa shape index (κ3) is 6.72. The lowest BCUT2D eigenvalue weighted by Crippen LogP contribution is -2.38. The van der Waals surface area contributed by atoms with Gasteiger partial charge in [-0.1, -0.05) is 133 Å². The van der Waals surface area contributed by atoms with Crippen molar-refractivity contribution in [1.29, 1.82) is 0 Å². The molecule has 5 heteroatoms. The zero-order valence-electron chi connectivity index (χ0n) is 27.5. The second-order valence-corrected chi connectivity index (χ2v) is 12.4. The van der Waals surface area contributed by atoms with Gasteiger partial charge in [0, 0.05) is 59.2 Å². The first-order valence-corrected chi connectivity index (χ1v) is 17.1. The molecular formula is C44H38N4O. The minimum absolute atomic E-state index is 0.786. The fourth-order valence-corrected chi connectivity index (χ4v) is 6.75. The van der Waals surface area contributed by atoms with Crippen LogP contribution in [0.25, 0.3) is 21.8 Å². The molecule has 49 heavy (non-hydrogen) atoms. The first-order valence-electron chi connectivity index (χ1n) is 17.1. The summed E-state index contributed by atoms with van der Waals surface area (Å²) in [6.45, 7) is 5.29. The first-order chi connectivity index (χ1) is 24.3. The highest BCUT2D eigenvalue weighted by atomic mass is 16.5. The highest BCUT2D eigenvalue weighted by Crippen LogP contribution is 2.35. The Kier molecular flexibility index (Phi) is 8.92. The number of rotatable bonds is 9. The van der Waals surface area contributed by atoms with Crippen molar-refractivity contribution in [1.82, 2.24) is 9.47 Å². The van der Waals surface area contributed by atoms with Gasteiger partial charge in [-0.25, -0.2) is 9.98 Å². The Morgan fingerprint density at radius 2 is 0.857 bits per heavy atom. The van der Waals surface area contributed by atoms with Crippen LogP contribution in [0.4, 0.5) is 11.4 Å². The van der Waals surface area contributed by atoms with Gasteiger partial charge in [0.05, 0.1) is 47.0 Å². The number of aromatic nitrogens is 1. The van der Waals surface area contributed by atoms with Crippen molar-refractivity contribution in [3.63, 3.8) is 0 Å². The monoisotopic (exact) mass is 638 g/mol. The smallest absolute Gasteiger partial charge is 0.0781 e. The number of aliphatic imine (C=N–C) groups is 2.